The number of aromatic nitrogens is 9. The Labute approximate surface area is 373 Å². The standard InChI is InChI=1S/C44H32N4O4.C6H6N6O2/c49-29-9-1-5-25(21-29)41-33-13-15-35(45-33)42(26-6-2-10-30(50)22-26)37-17-19-39(47-37)44(28-8-4-12-32(52)24-28)40-20-18-38(48-40)43(36-16-14-34(41)46-36)27-7-3-11-31(51)23-27;1-11-6(14)12-2-8-3(4(7)13)5(12)9-10-11/h1-17,19,21-24,46-47,49-52H,18,20H2;2H,1H3,(H2,7,13). The van der Waals surface area contributed by atoms with Crippen molar-refractivity contribution in [3.63, 3.8) is 0 Å². The van der Waals surface area contributed by atoms with Gasteiger partial charge in [0.2, 0.25) is 0 Å². The van der Waals surface area contributed by atoms with E-state index in [1.807, 2.05) is 84.9 Å². The first kappa shape index (κ1) is 40.7. The first-order valence-electron chi connectivity index (χ1n) is 20.7. The van der Waals surface area contributed by atoms with Gasteiger partial charge in [-0.1, -0.05) is 53.7 Å². The van der Waals surface area contributed by atoms with Gasteiger partial charge in [0.05, 0.1) is 22.8 Å². The number of primary amides is 1. The molecule has 66 heavy (non-hydrogen) atoms. The summed E-state index contributed by atoms with van der Waals surface area (Å²) in [5.74, 6) is -0.171. The van der Waals surface area contributed by atoms with Crippen LogP contribution in [-0.4, -0.2) is 70.6 Å². The number of nitrogens with one attached hydrogen (secondary N) is 2. The highest BCUT2D eigenvalue weighted by molar-refractivity contribution is 5.98. The van der Waals surface area contributed by atoms with Gasteiger partial charge in [-0.25, -0.2) is 19.2 Å². The van der Waals surface area contributed by atoms with Crippen LogP contribution in [0.4, 0.5) is 0 Å². The number of fused-ring (bicyclic) bond motifs is 9. The summed E-state index contributed by atoms with van der Waals surface area (Å²) >= 11 is 0. The highest BCUT2D eigenvalue weighted by Gasteiger charge is 2.22. The van der Waals surface area contributed by atoms with Gasteiger partial charge in [0.15, 0.2) is 11.3 Å². The molecule has 1 amide bonds. The molecule has 0 atom stereocenters. The number of carbonyl (C=O) groups is 1. The van der Waals surface area contributed by atoms with Gasteiger partial charge in [-0.3, -0.25) is 9.78 Å². The summed E-state index contributed by atoms with van der Waals surface area (Å²) in [6.07, 6.45) is 6.40. The smallest absolute Gasteiger partial charge is 0.352 e. The highest BCUT2D eigenvalue weighted by atomic mass is 16.3. The molecular formula is C50H38N10O6. The van der Waals surface area contributed by atoms with Crippen LogP contribution in [0.25, 0.3) is 84.4 Å². The molecule has 4 aromatic carbocycles. The predicted molar refractivity (Wildman–Crippen MR) is 250 cm³/mol. The minimum atomic E-state index is -0.741. The number of amides is 1. The molecule has 0 unspecified atom stereocenters. The number of phenols is 4. The molecule has 0 saturated heterocycles. The van der Waals surface area contributed by atoms with Gasteiger partial charge >= 0.3 is 5.69 Å². The second kappa shape index (κ2) is 16.4. The monoisotopic (exact) mass is 874 g/mol. The quantitative estimate of drug-likeness (QED) is 0.0884. The van der Waals surface area contributed by atoms with Crippen LogP contribution in [0, 0.1) is 0 Å². The number of nitrogens with zero attached hydrogens (tertiary/aromatic N) is 7. The van der Waals surface area contributed by atoms with E-state index in [0.29, 0.717) is 24.2 Å². The van der Waals surface area contributed by atoms with E-state index in [4.69, 9.17) is 15.7 Å². The minimum Gasteiger partial charge on any atom is -0.508 e. The molecule has 324 valence electrons. The Morgan fingerprint density at radius 3 is 1.41 bits per heavy atom. The average Bonchev–Trinajstić information content (AvgIpc) is 4.16. The van der Waals surface area contributed by atoms with Crippen LogP contribution in [0.1, 0.15) is 33.3 Å². The Balaban J connectivity index is 0.000000312. The third-order valence-corrected chi connectivity index (χ3v) is 11.3. The molecule has 9 aromatic rings. The second-order valence-corrected chi connectivity index (χ2v) is 15.6. The maximum atomic E-state index is 11.4. The molecule has 8 N–H and O–H groups in total. The third-order valence-electron chi connectivity index (χ3n) is 11.3. The number of rotatable bonds is 5. The molecular weight excluding hydrogens is 837 g/mol. The van der Waals surface area contributed by atoms with Crippen molar-refractivity contribution in [3.8, 4) is 67.5 Å². The number of aromatic amines is 2. The number of phenolic OH excluding ortho intramolecular Hbond substituents is 4. The van der Waals surface area contributed by atoms with Gasteiger partial charge in [-0.2, -0.15) is 4.68 Å². The molecule has 2 aliphatic rings. The fourth-order valence-electron chi connectivity index (χ4n) is 8.43. The zero-order valence-electron chi connectivity index (χ0n) is 35.0. The second-order valence-electron chi connectivity index (χ2n) is 15.6. The summed E-state index contributed by atoms with van der Waals surface area (Å²) < 4.78 is 2.13. The summed E-state index contributed by atoms with van der Waals surface area (Å²) in [4.78, 5) is 43.8. The highest BCUT2D eigenvalue weighted by Crippen LogP contribution is 2.39. The van der Waals surface area contributed by atoms with E-state index in [1.165, 1.54) is 13.4 Å². The van der Waals surface area contributed by atoms with Gasteiger partial charge in [0.25, 0.3) is 5.91 Å². The third kappa shape index (κ3) is 7.53. The zero-order chi connectivity index (χ0) is 45.6. The number of hydrogen-bond acceptors (Lipinski definition) is 11. The van der Waals surface area contributed by atoms with E-state index in [-0.39, 0.29) is 34.3 Å². The van der Waals surface area contributed by atoms with Crippen molar-refractivity contribution in [3.05, 3.63) is 167 Å². The van der Waals surface area contributed by atoms with Crippen LogP contribution in [0.15, 0.2) is 132 Å². The fraction of sp³-hybridized carbons (Fsp3) is 0.0600. The van der Waals surface area contributed by atoms with Crippen molar-refractivity contribution in [2.24, 2.45) is 12.8 Å². The van der Waals surface area contributed by atoms with Crippen molar-refractivity contribution in [2.75, 3.05) is 0 Å². The number of carbonyl (C=O) groups excluding carboxylic acids is 1. The first-order valence-corrected chi connectivity index (χ1v) is 20.7. The van der Waals surface area contributed by atoms with Crippen molar-refractivity contribution >= 4 is 45.8 Å². The Kier molecular flexibility index (Phi) is 10.1. The molecule has 0 spiro atoms. The number of aryl methyl sites for hydroxylation is 3. The number of nitrogens with two attached hydrogens (primary N) is 1. The summed E-state index contributed by atoms with van der Waals surface area (Å²) in [6, 6.07) is 36.7. The van der Waals surface area contributed by atoms with E-state index >= 15 is 0 Å². The Bertz CT molecular complexity index is 3510. The van der Waals surface area contributed by atoms with E-state index < -0.39 is 11.6 Å². The molecule has 5 aromatic heterocycles. The first-order chi connectivity index (χ1) is 32.0. The maximum Gasteiger partial charge on any atom is 0.352 e. The van der Waals surface area contributed by atoms with Gasteiger partial charge < -0.3 is 36.1 Å². The topological polar surface area (TPSA) is 246 Å². The van der Waals surface area contributed by atoms with E-state index in [1.54, 1.807) is 48.5 Å². The van der Waals surface area contributed by atoms with Crippen molar-refractivity contribution in [1.82, 2.24) is 44.3 Å². The number of imidazole rings is 1. The fourth-order valence-corrected chi connectivity index (χ4v) is 8.43. The van der Waals surface area contributed by atoms with Gasteiger partial charge in [0.1, 0.15) is 29.3 Å². The van der Waals surface area contributed by atoms with Gasteiger partial charge in [-0.05, 0) is 120 Å². The molecule has 8 bridgehead atoms. The van der Waals surface area contributed by atoms with E-state index in [9.17, 15) is 30.0 Å². The SMILES string of the molecule is Cn1nnc2c(C(N)=O)ncn2c1=O.Oc1cccc(-c2c3nc(c(-c4cccc(O)c4)c4ccc([nH]4)c(-c4cccc(O)c4)c4nc(c(-c5cccc(O)c5)c5ccc2[nH]5)CC4)C=C3)c1. The van der Waals surface area contributed by atoms with E-state index in [2.05, 4.69) is 25.3 Å². The zero-order valence-corrected chi connectivity index (χ0v) is 35.0. The Hall–Kier alpha value is -9.31. The summed E-state index contributed by atoms with van der Waals surface area (Å²) in [5.41, 5.74) is 17.3. The Morgan fingerprint density at radius 1 is 0.591 bits per heavy atom. The normalized spacial score (nSPS) is 12.0. The lowest BCUT2D eigenvalue weighted by Crippen LogP contribution is -2.27. The van der Waals surface area contributed by atoms with Crippen molar-refractivity contribution in [2.45, 2.75) is 12.8 Å². The van der Waals surface area contributed by atoms with Crippen LogP contribution in [0.2, 0.25) is 0 Å². The molecule has 16 heteroatoms. The molecule has 2 aliphatic heterocycles. The van der Waals surface area contributed by atoms with Crippen LogP contribution in [0.5, 0.6) is 23.0 Å². The molecule has 16 nitrogen and oxygen atoms in total. The van der Waals surface area contributed by atoms with E-state index in [0.717, 1.165) is 87.0 Å². The number of hydrogen-bond donors (Lipinski definition) is 7. The lowest BCUT2D eigenvalue weighted by atomic mass is 10.0. The van der Waals surface area contributed by atoms with Crippen LogP contribution in [-0.2, 0) is 19.9 Å². The largest absolute Gasteiger partial charge is 0.508 e. The average molecular weight is 875 g/mol. The van der Waals surface area contributed by atoms with Crippen molar-refractivity contribution in [1.29, 1.82) is 0 Å². The van der Waals surface area contributed by atoms with Crippen molar-refractivity contribution < 1.29 is 25.2 Å². The minimum absolute atomic E-state index is 0.0600. The lowest BCUT2D eigenvalue weighted by molar-refractivity contribution is 0.0997. The number of aromatic hydroxyl groups is 4. The lowest BCUT2D eigenvalue weighted by Gasteiger charge is -2.07. The summed E-state index contributed by atoms with van der Waals surface area (Å²) in [5, 5.41) is 49.5. The number of benzene rings is 4. The molecule has 0 aliphatic carbocycles. The van der Waals surface area contributed by atoms with Crippen LogP contribution in [0.3, 0.4) is 0 Å². The predicted octanol–water partition coefficient (Wildman–Crippen LogP) is 7.68. The Morgan fingerprint density at radius 2 is 1.00 bits per heavy atom. The molecule has 7 heterocycles. The summed E-state index contributed by atoms with van der Waals surface area (Å²) in [7, 11) is 1.44. The van der Waals surface area contributed by atoms with Gasteiger partial charge in [-0.15, -0.1) is 5.10 Å². The molecule has 0 fully saturated rings. The van der Waals surface area contributed by atoms with Crippen LogP contribution < -0.4 is 11.4 Å². The van der Waals surface area contributed by atoms with Crippen LogP contribution >= 0.6 is 0 Å². The molecule has 0 radical (unpaired) electrons. The summed E-state index contributed by atoms with van der Waals surface area (Å²) in [6.45, 7) is 0. The number of H-pyrrole nitrogens is 2. The molecule has 0 saturated carbocycles. The molecule has 11 rings (SSSR count). The van der Waals surface area contributed by atoms with Gasteiger partial charge in [0, 0.05) is 51.4 Å². The maximum absolute atomic E-state index is 11.4.